The Balaban J connectivity index is 1.76. The van der Waals surface area contributed by atoms with Crippen molar-refractivity contribution in [1.29, 1.82) is 0 Å². The monoisotopic (exact) mass is 315 g/mol. The first kappa shape index (κ1) is 12.7. The Bertz CT molecular complexity index is 778. The molecule has 2 heterocycles. The molecule has 104 valence electrons. The van der Waals surface area contributed by atoms with Gasteiger partial charge < -0.3 is 5.32 Å². The smallest absolute Gasteiger partial charge is 0.267 e. The fourth-order valence-electron chi connectivity index (χ4n) is 2.51. The van der Waals surface area contributed by atoms with Crippen LogP contribution in [0.15, 0.2) is 53.6 Å². The minimum atomic E-state index is -0.925. The van der Waals surface area contributed by atoms with E-state index in [4.69, 9.17) is 11.6 Å². The van der Waals surface area contributed by atoms with Gasteiger partial charge in [-0.15, -0.1) is 0 Å². The zero-order chi connectivity index (χ0) is 14.4. The Morgan fingerprint density at radius 3 is 2.71 bits per heavy atom. The van der Waals surface area contributed by atoms with Gasteiger partial charge in [-0.3, -0.25) is 10.2 Å². The molecule has 2 aromatic rings. The highest BCUT2D eigenvalue weighted by atomic mass is 35.5. The van der Waals surface area contributed by atoms with Crippen molar-refractivity contribution >= 4 is 40.0 Å². The maximum Gasteiger partial charge on any atom is 0.267 e. The molecule has 4 nitrogen and oxygen atoms in total. The van der Waals surface area contributed by atoms with Gasteiger partial charge in [0.15, 0.2) is 0 Å². The Kier molecular flexibility index (Phi) is 2.74. The highest BCUT2D eigenvalue weighted by Gasteiger charge is 2.52. The van der Waals surface area contributed by atoms with Crippen molar-refractivity contribution in [1.82, 2.24) is 5.43 Å². The van der Waals surface area contributed by atoms with Gasteiger partial charge in [-0.25, -0.2) is 0 Å². The first-order valence-corrected chi connectivity index (χ1v) is 7.60. The fourth-order valence-corrected chi connectivity index (χ4v) is 3.88. The van der Waals surface area contributed by atoms with Gasteiger partial charge in [-0.1, -0.05) is 65.8 Å². The molecule has 0 aromatic heterocycles. The molecule has 0 fully saturated rings. The summed E-state index contributed by atoms with van der Waals surface area (Å²) in [6.07, 6.45) is 0. The van der Waals surface area contributed by atoms with Crippen molar-refractivity contribution in [3.63, 3.8) is 0 Å². The summed E-state index contributed by atoms with van der Waals surface area (Å²) in [5.41, 5.74) is 5.46. The van der Waals surface area contributed by atoms with E-state index in [0.717, 1.165) is 16.2 Å². The highest BCUT2D eigenvalue weighted by Crippen LogP contribution is 2.49. The number of thioether (sulfide) groups is 1. The van der Waals surface area contributed by atoms with Crippen LogP contribution in [0.1, 0.15) is 11.1 Å². The van der Waals surface area contributed by atoms with E-state index in [0.29, 0.717) is 10.7 Å². The van der Waals surface area contributed by atoms with Crippen LogP contribution in [0.4, 0.5) is 5.69 Å². The molecule has 6 heteroatoms. The largest absolute Gasteiger partial charge is 0.321 e. The van der Waals surface area contributed by atoms with Gasteiger partial charge in [-0.05, 0) is 6.07 Å². The van der Waals surface area contributed by atoms with Crippen molar-refractivity contribution in [3.05, 3.63) is 64.7 Å². The van der Waals surface area contributed by atoms with Gasteiger partial charge in [0.2, 0.25) is 4.87 Å². The number of nitrogens with one attached hydrogen (secondary N) is 2. The first-order chi connectivity index (χ1) is 10.2. The normalized spacial score (nSPS) is 22.7. The van der Waals surface area contributed by atoms with E-state index < -0.39 is 4.87 Å². The number of para-hydroxylation sites is 1. The number of hydrogen-bond donors (Lipinski definition) is 2. The lowest BCUT2D eigenvalue weighted by Crippen LogP contribution is -2.39. The highest BCUT2D eigenvalue weighted by molar-refractivity contribution is 8.16. The number of nitrogens with zero attached hydrogens (tertiary/aromatic N) is 1. The minimum absolute atomic E-state index is 0.148. The predicted octanol–water partition coefficient (Wildman–Crippen LogP) is 3.14. The maximum atomic E-state index is 12.5. The van der Waals surface area contributed by atoms with Crippen LogP contribution in [0.3, 0.4) is 0 Å². The van der Waals surface area contributed by atoms with Gasteiger partial charge in [0.05, 0.1) is 10.7 Å². The third-order valence-electron chi connectivity index (χ3n) is 3.54. The standard InChI is InChI=1S/C15H10ClN3OS/c16-11-8-4-7-10-12(11)17-14(20)15(10)19-18-13(21-15)9-5-2-1-3-6-9/h1-8,19H,(H,17,20). The number of fused-ring (bicyclic) bond motifs is 2. The molecule has 4 rings (SSSR count). The second-order valence-electron chi connectivity index (χ2n) is 4.79. The molecule has 2 aliphatic heterocycles. The molecule has 2 N–H and O–H groups in total. The molecule has 0 saturated carbocycles. The molecule has 1 atom stereocenters. The average molecular weight is 316 g/mol. The van der Waals surface area contributed by atoms with Gasteiger partial charge in [-0.2, -0.15) is 5.10 Å². The lowest BCUT2D eigenvalue weighted by atomic mass is 10.1. The minimum Gasteiger partial charge on any atom is -0.321 e. The molecule has 0 saturated heterocycles. The molecule has 1 spiro atoms. The number of rotatable bonds is 1. The lowest BCUT2D eigenvalue weighted by molar-refractivity contribution is -0.118. The molecule has 2 aliphatic rings. The van der Waals surface area contributed by atoms with E-state index in [2.05, 4.69) is 15.8 Å². The maximum absolute atomic E-state index is 12.5. The van der Waals surface area contributed by atoms with Crippen LogP contribution in [-0.2, 0) is 9.67 Å². The summed E-state index contributed by atoms with van der Waals surface area (Å²) >= 11 is 7.56. The van der Waals surface area contributed by atoms with Crippen molar-refractivity contribution in [2.24, 2.45) is 5.10 Å². The van der Waals surface area contributed by atoms with Crippen molar-refractivity contribution in [3.8, 4) is 0 Å². The van der Waals surface area contributed by atoms with E-state index in [9.17, 15) is 4.79 Å². The molecule has 0 aliphatic carbocycles. The van der Waals surface area contributed by atoms with E-state index in [1.165, 1.54) is 11.8 Å². The molecule has 1 unspecified atom stereocenters. The second kappa shape index (κ2) is 4.51. The Morgan fingerprint density at radius 2 is 1.90 bits per heavy atom. The molecular weight excluding hydrogens is 306 g/mol. The van der Waals surface area contributed by atoms with Crippen LogP contribution in [0.5, 0.6) is 0 Å². The van der Waals surface area contributed by atoms with Gasteiger partial charge in [0.1, 0.15) is 5.04 Å². The topological polar surface area (TPSA) is 53.5 Å². The van der Waals surface area contributed by atoms with E-state index in [1.807, 2.05) is 42.5 Å². The average Bonchev–Trinajstić information content (AvgIpc) is 3.07. The number of hydrogen-bond acceptors (Lipinski definition) is 4. The summed E-state index contributed by atoms with van der Waals surface area (Å²) in [4.78, 5) is 11.5. The lowest BCUT2D eigenvalue weighted by Gasteiger charge is -2.19. The molecular formula is C15H10ClN3OS. The Labute approximate surface area is 130 Å². The zero-order valence-electron chi connectivity index (χ0n) is 10.8. The summed E-state index contributed by atoms with van der Waals surface area (Å²) in [5.74, 6) is -0.148. The zero-order valence-corrected chi connectivity index (χ0v) is 12.3. The van der Waals surface area contributed by atoms with Crippen molar-refractivity contribution in [2.75, 3.05) is 5.32 Å². The third kappa shape index (κ3) is 1.78. The van der Waals surface area contributed by atoms with E-state index >= 15 is 0 Å². The molecule has 1 amide bonds. The van der Waals surface area contributed by atoms with Crippen LogP contribution in [-0.4, -0.2) is 11.0 Å². The predicted molar refractivity (Wildman–Crippen MR) is 85.5 cm³/mol. The third-order valence-corrected chi connectivity index (χ3v) is 5.17. The number of benzene rings is 2. The molecule has 2 aromatic carbocycles. The number of hydrazone groups is 1. The van der Waals surface area contributed by atoms with Crippen LogP contribution in [0, 0.1) is 0 Å². The fraction of sp³-hybridized carbons (Fsp3) is 0.0667. The second-order valence-corrected chi connectivity index (χ2v) is 6.40. The quantitative estimate of drug-likeness (QED) is 0.850. The summed E-state index contributed by atoms with van der Waals surface area (Å²) in [6.45, 7) is 0. The first-order valence-electron chi connectivity index (χ1n) is 6.40. The Hall–Kier alpha value is -1.98. The Morgan fingerprint density at radius 1 is 1.10 bits per heavy atom. The van der Waals surface area contributed by atoms with Crippen LogP contribution in [0.2, 0.25) is 5.02 Å². The van der Waals surface area contributed by atoms with Gasteiger partial charge in [0, 0.05) is 11.1 Å². The number of halogens is 1. The molecule has 21 heavy (non-hydrogen) atoms. The van der Waals surface area contributed by atoms with Gasteiger partial charge in [0.25, 0.3) is 5.91 Å². The van der Waals surface area contributed by atoms with E-state index in [-0.39, 0.29) is 5.91 Å². The van der Waals surface area contributed by atoms with Crippen LogP contribution >= 0.6 is 23.4 Å². The molecule has 0 bridgehead atoms. The summed E-state index contributed by atoms with van der Waals surface area (Å²) in [6, 6.07) is 15.3. The van der Waals surface area contributed by atoms with Crippen molar-refractivity contribution in [2.45, 2.75) is 4.87 Å². The van der Waals surface area contributed by atoms with Crippen molar-refractivity contribution < 1.29 is 4.79 Å². The number of carbonyl (C=O) groups excluding carboxylic acids is 1. The number of carbonyl (C=O) groups is 1. The summed E-state index contributed by atoms with van der Waals surface area (Å²) < 4.78 is 0. The van der Waals surface area contributed by atoms with Crippen LogP contribution in [0.25, 0.3) is 0 Å². The summed E-state index contributed by atoms with van der Waals surface area (Å²) in [7, 11) is 0. The SMILES string of the molecule is O=C1Nc2c(Cl)cccc2C12NN=C(c1ccccc1)S2. The number of amides is 1. The van der Waals surface area contributed by atoms with Crippen LogP contribution < -0.4 is 10.7 Å². The van der Waals surface area contributed by atoms with E-state index in [1.54, 1.807) is 6.07 Å². The van der Waals surface area contributed by atoms with Gasteiger partial charge >= 0.3 is 0 Å². The number of anilines is 1. The molecule has 0 radical (unpaired) electrons. The summed E-state index contributed by atoms with van der Waals surface area (Å²) in [5, 5.41) is 8.51.